The second kappa shape index (κ2) is 4.39. The highest BCUT2D eigenvalue weighted by Crippen LogP contribution is 2.30. The lowest BCUT2D eigenvalue weighted by atomic mass is 9.82. The van der Waals surface area contributed by atoms with Gasteiger partial charge in [-0.15, -0.1) is 0 Å². The topological polar surface area (TPSA) is 41.6 Å². The van der Waals surface area contributed by atoms with Crippen LogP contribution in [0.15, 0.2) is 0 Å². The van der Waals surface area contributed by atoms with Crippen LogP contribution in [0.2, 0.25) is 0 Å². The summed E-state index contributed by atoms with van der Waals surface area (Å²) in [7, 11) is 0. The zero-order valence-electron chi connectivity index (χ0n) is 9.42. The average molecular weight is 212 g/mol. The summed E-state index contributed by atoms with van der Waals surface area (Å²) in [4.78, 5) is 13.5. The van der Waals surface area contributed by atoms with Gasteiger partial charge in [-0.1, -0.05) is 6.92 Å². The third-order valence-electron chi connectivity index (χ3n) is 3.44. The summed E-state index contributed by atoms with van der Waals surface area (Å²) < 4.78 is 5.36. The van der Waals surface area contributed by atoms with E-state index in [4.69, 9.17) is 4.74 Å². The first kappa shape index (κ1) is 10.7. The first-order chi connectivity index (χ1) is 7.20. The highest BCUT2D eigenvalue weighted by molar-refractivity contribution is 5.74. The maximum Gasteiger partial charge on any atom is 0.317 e. The molecule has 0 spiro atoms. The molecular formula is C11H20N2O2. The van der Waals surface area contributed by atoms with Gasteiger partial charge in [0.15, 0.2) is 0 Å². The lowest BCUT2D eigenvalue weighted by Gasteiger charge is -2.39. The summed E-state index contributed by atoms with van der Waals surface area (Å²) in [5.41, 5.74) is 0.257. The number of carbonyl (C=O) groups excluding carboxylic acids is 1. The van der Waals surface area contributed by atoms with E-state index in [0.29, 0.717) is 0 Å². The lowest BCUT2D eigenvalue weighted by molar-refractivity contribution is 0.00934. The number of urea groups is 1. The number of carbonyl (C=O) groups is 1. The molecule has 2 aliphatic rings. The molecule has 4 nitrogen and oxygen atoms in total. The summed E-state index contributed by atoms with van der Waals surface area (Å²) >= 11 is 0. The Hall–Kier alpha value is -0.770. The van der Waals surface area contributed by atoms with Crippen LogP contribution in [0.1, 0.15) is 26.2 Å². The second-order valence-corrected chi connectivity index (χ2v) is 4.93. The van der Waals surface area contributed by atoms with Crippen LogP contribution in [0.3, 0.4) is 0 Å². The minimum Gasteiger partial charge on any atom is -0.381 e. The number of hydrogen-bond acceptors (Lipinski definition) is 2. The predicted octanol–water partition coefficient (Wildman–Crippen LogP) is 1.22. The van der Waals surface area contributed by atoms with Gasteiger partial charge >= 0.3 is 6.03 Å². The van der Waals surface area contributed by atoms with E-state index >= 15 is 0 Å². The van der Waals surface area contributed by atoms with E-state index in [2.05, 4.69) is 12.2 Å². The van der Waals surface area contributed by atoms with Gasteiger partial charge in [-0.05, 0) is 24.7 Å². The van der Waals surface area contributed by atoms with Crippen molar-refractivity contribution in [3.63, 3.8) is 0 Å². The van der Waals surface area contributed by atoms with Gasteiger partial charge in [-0.3, -0.25) is 0 Å². The van der Waals surface area contributed by atoms with E-state index in [1.807, 2.05) is 4.90 Å². The SMILES string of the molecule is CC1(CN2CCCNC2=O)CCOCC1. The van der Waals surface area contributed by atoms with Crippen LogP contribution in [0.25, 0.3) is 0 Å². The van der Waals surface area contributed by atoms with E-state index in [9.17, 15) is 4.79 Å². The van der Waals surface area contributed by atoms with Crippen molar-refractivity contribution in [3.05, 3.63) is 0 Å². The van der Waals surface area contributed by atoms with Crippen molar-refractivity contribution in [2.24, 2.45) is 5.41 Å². The van der Waals surface area contributed by atoms with Gasteiger partial charge in [0.1, 0.15) is 0 Å². The smallest absolute Gasteiger partial charge is 0.317 e. The van der Waals surface area contributed by atoms with Crippen LogP contribution in [-0.4, -0.2) is 43.8 Å². The van der Waals surface area contributed by atoms with Crippen LogP contribution in [0.5, 0.6) is 0 Å². The molecular weight excluding hydrogens is 192 g/mol. The van der Waals surface area contributed by atoms with Crippen molar-refractivity contribution in [2.75, 3.05) is 32.8 Å². The van der Waals surface area contributed by atoms with Crippen LogP contribution in [-0.2, 0) is 4.74 Å². The Kier molecular flexibility index (Phi) is 3.14. The van der Waals surface area contributed by atoms with E-state index in [0.717, 1.165) is 52.1 Å². The molecule has 4 heteroatoms. The number of nitrogens with zero attached hydrogens (tertiary/aromatic N) is 1. The summed E-state index contributed by atoms with van der Waals surface area (Å²) in [5.74, 6) is 0. The van der Waals surface area contributed by atoms with Crippen molar-refractivity contribution >= 4 is 6.03 Å². The molecule has 86 valence electrons. The Morgan fingerprint density at radius 2 is 2.20 bits per heavy atom. The zero-order valence-corrected chi connectivity index (χ0v) is 9.42. The quantitative estimate of drug-likeness (QED) is 0.747. The van der Waals surface area contributed by atoms with Crippen molar-refractivity contribution in [2.45, 2.75) is 26.2 Å². The number of rotatable bonds is 2. The maximum atomic E-state index is 11.6. The number of ether oxygens (including phenoxy) is 1. The molecule has 0 aromatic heterocycles. The van der Waals surface area contributed by atoms with Gasteiger partial charge in [0.2, 0.25) is 0 Å². The Morgan fingerprint density at radius 3 is 2.87 bits per heavy atom. The molecule has 15 heavy (non-hydrogen) atoms. The first-order valence-electron chi connectivity index (χ1n) is 5.80. The van der Waals surface area contributed by atoms with Gasteiger partial charge in [-0.25, -0.2) is 4.79 Å². The fraction of sp³-hybridized carbons (Fsp3) is 0.909. The average Bonchev–Trinajstić information content (AvgIpc) is 2.22. The zero-order chi connectivity index (χ0) is 10.7. The highest BCUT2D eigenvalue weighted by atomic mass is 16.5. The first-order valence-corrected chi connectivity index (χ1v) is 5.80. The van der Waals surface area contributed by atoms with Gasteiger partial charge in [-0.2, -0.15) is 0 Å². The summed E-state index contributed by atoms with van der Waals surface area (Å²) in [5, 5.41) is 2.89. The minimum absolute atomic E-state index is 0.106. The lowest BCUT2D eigenvalue weighted by Crippen LogP contribution is -2.51. The Bertz CT molecular complexity index is 237. The molecule has 2 aliphatic heterocycles. The van der Waals surface area contributed by atoms with Crippen LogP contribution in [0.4, 0.5) is 4.79 Å². The standard InChI is InChI=1S/C11H20N2O2/c1-11(3-7-15-8-4-11)9-13-6-2-5-12-10(13)14/h2-9H2,1H3,(H,12,14). The molecule has 0 unspecified atom stereocenters. The third kappa shape index (κ3) is 2.62. The van der Waals surface area contributed by atoms with Gasteiger partial charge in [0, 0.05) is 32.8 Å². The molecule has 0 atom stereocenters. The van der Waals surface area contributed by atoms with E-state index in [1.165, 1.54) is 0 Å². The predicted molar refractivity (Wildman–Crippen MR) is 57.7 cm³/mol. The fourth-order valence-electron chi connectivity index (χ4n) is 2.31. The van der Waals surface area contributed by atoms with E-state index in [1.54, 1.807) is 0 Å². The summed E-state index contributed by atoms with van der Waals surface area (Å²) in [6.07, 6.45) is 3.20. The molecule has 0 aromatic carbocycles. The van der Waals surface area contributed by atoms with Crippen molar-refractivity contribution < 1.29 is 9.53 Å². The van der Waals surface area contributed by atoms with Gasteiger partial charge in [0.25, 0.3) is 0 Å². The molecule has 2 amide bonds. The molecule has 0 bridgehead atoms. The number of hydrogen-bond donors (Lipinski definition) is 1. The minimum atomic E-state index is 0.106. The van der Waals surface area contributed by atoms with E-state index in [-0.39, 0.29) is 11.4 Å². The molecule has 0 aliphatic carbocycles. The summed E-state index contributed by atoms with van der Waals surface area (Å²) in [6.45, 7) is 6.55. The number of amides is 2. The molecule has 0 aromatic rings. The van der Waals surface area contributed by atoms with Crippen LogP contribution < -0.4 is 5.32 Å². The normalized spacial score (nSPS) is 26.2. The Morgan fingerprint density at radius 1 is 1.47 bits per heavy atom. The van der Waals surface area contributed by atoms with E-state index < -0.39 is 0 Å². The maximum absolute atomic E-state index is 11.6. The molecule has 2 rings (SSSR count). The fourth-order valence-corrected chi connectivity index (χ4v) is 2.31. The second-order valence-electron chi connectivity index (χ2n) is 4.93. The Labute approximate surface area is 91.0 Å². The van der Waals surface area contributed by atoms with Crippen molar-refractivity contribution in [3.8, 4) is 0 Å². The van der Waals surface area contributed by atoms with Gasteiger partial charge < -0.3 is 15.0 Å². The monoisotopic (exact) mass is 212 g/mol. The molecule has 0 radical (unpaired) electrons. The number of nitrogens with one attached hydrogen (secondary N) is 1. The Balaban J connectivity index is 1.91. The molecule has 2 fully saturated rings. The van der Waals surface area contributed by atoms with Crippen molar-refractivity contribution in [1.82, 2.24) is 10.2 Å². The van der Waals surface area contributed by atoms with Gasteiger partial charge in [0.05, 0.1) is 0 Å². The van der Waals surface area contributed by atoms with Crippen LogP contribution >= 0.6 is 0 Å². The largest absolute Gasteiger partial charge is 0.381 e. The van der Waals surface area contributed by atoms with Crippen molar-refractivity contribution in [1.29, 1.82) is 0 Å². The molecule has 1 N–H and O–H groups in total. The molecule has 0 saturated carbocycles. The molecule has 2 heterocycles. The molecule has 2 saturated heterocycles. The summed E-state index contributed by atoms with van der Waals surface area (Å²) in [6, 6.07) is 0.106. The van der Waals surface area contributed by atoms with Crippen LogP contribution in [0, 0.1) is 5.41 Å². The highest BCUT2D eigenvalue weighted by Gasteiger charge is 2.32. The third-order valence-corrected chi connectivity index (χ3v) is 3.44.